The summed E-state index contributed by atoms with van der Waals surface area (Å²) in [4.78, 5) is 0. The smallest absolute Gasteiger partial charge is 0.149 e. The molecule has 0 aliphatic heterocycles. The maximum Gasteiger partial charge on any atom is 0.149 e. The van der Waals surface area contributed by atoms with Crippen LogP contribution < -0.4 is 5.73 Å². The molecule has 1 heterocycles. The Kier molecular flexibility index (Phi) is 2.89. The van der Waals surface area contributed by atoms with Gasteiger partial charge in [-0.25, -0.2) is 13.5 Å². The third-order valence-electron chi connectivity index (χ3n) is 2.50. The van der Waals surface area contributed by atoms with Crippen molar-refractivity contribution in [3.05, 3.63) is 41.2 Å². The molecule has 0 amide bonds. The van der Waals surface area contributed by atoms with Crippen LogP contribution in [0.5, 0.6) is 0 Å². The van der Waals surface area contributed by atoms with Gasteiger partial charge < -0.3 is 5.73 Å². The quantitative estimate of drug-likeness (QED) is 0.869. The molecule has 0 bridgehead atoms. The third kappa shape index (κ3) is 2.03. The normalized spacial score (nSPS) is 12.8. The van der Waals surface area contributed by atoms with Gasteiger partial charge in [0.25, 0.3) is 0 Å². The van der Waals surface area contributed by atoms with Gasteiger partial charge in [-0.05, 0) is 26.0 Å². The Morgan fingerprint density at radius 1 is 1.35 bits per heavy atom. The Labute approximate surface area is 97.0 Å². The van der Waals surface area contributed by atoms with E-state index in [0.717, 1.165) is 18.2 Å². The van der Waals surface area contributed by atoms with E-state index in [1.54, 1.807) is 13.8 Å². The molecule has 6 heteroatoms. The monoisotopic (exact) mass is 238 g/mol. The van der Waals surface area contributed by atoms with Crippen LogP contribution in [-0.2, 0) is 0 Å². The number of nitrogens with zero attached hydrogens (tertiary/aromatic N) is 3. The van der Waals surface area contributed by atoms with E-state index in [0.29, 0.717) is 11.4 Å². The van der Waals surface area contributed by atoms with Crippen molar-refractivity contribution < 1.29 is 8.78 Å². The van der Waals surface area contributed by atoms with Crippen LogP contribution >= 0.6 is 0 Å². The highest BCUT2D eigenvalue weighted by atomic mass is 19.1. The summed E-state index contributed by atoms with van der Waals surface area (Å²) in [5.41, 5.74) is 6.88. The zero-order chi connectivity index (χ0) is 12.6. The standard InChI is InChI=1S/C11H12F2N4/c1-6(14)11-7(2)17(16-15-11)10-5-8(12)3-4-9(10)13/h3-6H,14H2,1-2H3. The summed E-state index contributed by atoms with van der Waals surface area (Å²) in [6.07, 6.45) is 0. The fourth-order valence-electron chi connectivity index (χ4n) is 1.64. The second-order valence-electron chi connectivity index (χ2n) is 3.86. The number of hydrogen-bond donors (Lipinski definition) is 1. The molecular formula is C11H12F2N4. The van der Waals surface area contributed by atoms with Crippen LogP contribution in [0.1, 0.15) is 24.4 Å². The predicted molar refractivity (Wildman–Crippen MR) is 58.6 cm³/mol. The SMILES string of the molecule is Cc1c(C(C)N)nnn1-c1cc(F)ccc1F. The molecule has 0 radical (unpaired) electrons. The zero-order valence-corrected chi connectivity index (χ0v) is 9.48. The average molecular weight is 238 g/mol. The first-order valence-corrected chi connectivity index (χ1v) is 5.14. The summed E-state index contributed by atoms with van der Waals surface area (Å²) in [7, 11) is 0. The van der Waals surface area contributed by atoms with E-state index in [4.69, 9.17) is 5.73 Å². The summed E-state index contributed by atoms with van der Waals surface area (Å²) < 4.78 is 27.9. The van der Waals surface area contributed by atoms with Crippen molar-refractivity contribution in [2.24, 2.45) is 5.73 Å². The fourth-order valence-corrected chi connectivity index (χ4v) is 1.64. The van der Waals surface area contributed by atoms with Crippen LogP contribution in [0.4, 0.5) is 8.78 Å². The number of nitrogens with two attached hydrogens (primary N) is 1. The summed E-state index contributed by atoms with van der Waals surface area (Å²) in [5, 5.41) is 7.65. The van der Waals surface area contributed by atoms with E-state index in [1.165, 1.54) is 4.68 Å². The molecule has 2 N–H and O–H groups in total. The minimum Gasteiger partial charge on any atom is -0.323 e. The highest BCUT2D eigenvalue weighted by molar-refractivity contribution is 5.35. The van der Waals surface area contributed by atoms with Gasteiger partial charge in [0.15, 0.2) is 0 Å². The molecule has 17 heavy (non-hydrogen) atoms. The first kappa shape index (κ1) is 11.7. The van der Waals surface area contributed by atoms with E-state index in [1.807, 2.05) is 0 Å². The molecule has 1 aromatic heterocycles. The largest absolute Gasteiger partial charge is 0.323 e. The Hall–Kier alpha value is -1.82. The lowest BCUT2D eigenvalue weighted by Gasteiger charge is -2.06. The molecule has 2 aromatic rings. The highest BCUT2D eigenvalue weighted by Gasteiger charge is 2.16. The fraction of sp³-hybridized carbons (Fsp3) is 0.273. The van der Waals surface area contributed by atoms with Gasteiger partial charge in [0.2, 0.25) is 0 Å². The summed E-state index contributed by atoms with van der Waals surface area (Å²) >= 11 is 0. The van der Waals surface area contributed by atoms with E-state index < -0.39 is 11.6 Å². The highest BCUT2D eigenvalue weighted by Crippen LogP contribution is 2.19. The zero-order valence-electron chi connectivity index (χ0n) is 9.48. The van der Waals surface area contributed by atoms with Gasteiger partial charge in [-0.2, -0.15) is 0 Å². The molecule has 1 aromatic carbocycles. The molecular weight excluding hydrogens is 226 g/mol. The Morgan fingerprint density at radius 3 is 2.65 bits per heavy atom. The number of aromatic nitrogens is 3. The van der Waals surface area contributed by atoms with Crippen molar-refractivity contribution in [2.75, 3.05) is 0 Å². The van der Waals surface area contributed by atoms with Gasteiger partial charge in [-0.15, -0.1) is 5.10 Å². The van der Waals surface area contributed by atoms with Gasteiger partial charge in [0, 0.05) is 12.1 Å². The second-order valence-corrected chi connectivity index (χ2v) is 3.86. The van der Waals surface area contributed by atoms with Crippen LogP contribution in [0.25, 0.3) is 5.69 Å². The van der Waals surface area contributed by atoms with E-state index >= 15 is 0 Å². The molecule has 1 atom stereocenters. The Morgan fingerprint density at radius 2 is 2.06 bits per heavy atom. The third-order valence-corrected chi connectivity index (χ3v) is 2.50. The average Bonchev–Trinajstić information content (AvgIpc) is 2.64. The van der Waals surface area contributed by atoms with Crippen molar-refractivity contribution in [1.82, 2.24) is 15.0 Å². The van der Waals surface area contributed by atoms with Crippen molar-refractivity contribution in [3.8, 4) is 5.69 Å². The van der Waals surface area contributed by atoms with Gasteiger partial charge >= 0.3 is 0 Å². The summed E-state index contributed by atoms with van der Waals surface area (Å²) in [5.74, 6) is -1.09. The van der Waals surface area contributed by atoms with Gasteiger partial charge in [-0.3, -0.25) is 0 Å². The Balaban J connectivity index is 2.57. The molecule has 90 valence electrons. The number of rotatable bonds is 2. The molecule has 4 nitrogen and oxygen atoms in total. The van der Waals surface area contributed by atoms with Crippen molar-refractivity contribution in [2.45, 2.75) is 19.9 Å². The maximum atomic E-state index is 13.6. The molecule has 0 saturated heterocycles. The van der Waals surface area contributed by atoms with Crippen LogP contribution in [-0.4, -0.2) is 15.0 Å². The number of hydrogen-bond acceptors (Lipinski definition) is 3. The molecule has 0 spiro atoms. The Bertz CT molecular complexity index is 548. The number of benzene rings is 1. The van der Waals surface area contributed by atoms with Gasteiger partial charge in [0.05, 0.1) is 5.69 Å². The van der Waals surface area contributed by atoms with Crippen molar-refractivity contribution in [3.63, 3.8) is 0 Å². The maximum absolute atomic E-state index is 13.6. The van der Waals surface area contributed by atoms with Crippen LogP contribution in [0, 0.1) is 18.6 Å². The van der Waals surface area contributed by atoms with Crippen molar-refractivity contribution in [1.29, 1.82) is 0 Å². The van der Waals surface area contributed by atoms with Crippen LogP contribution in [0.3, 0.4) is 0 Å². The minimum absolute atomic E-state index is 0.0295. The molecule has 0 saturated carbocycles. The molecule has 0 aliphatic rings. The lowest BCUT2D eigenvalue weighted by Crippen LogP contribution is -2.08. The molecule has 0 aliphatic carbocycles. The minimum atomic E-state index is -0.560. The first-order valence-electron chi connectivity index (χ1n) is 5.14. The molecule has 1 unspecified atom stereocenters. The van der Waals surface area contributed by atoms with E-state index in [2.05, 4.69) is 10.3 Å². The molecule has 2 rings (SSSR count). The summed E-state index contributed by atoms with van der Waals surface area (Å²) in [6.45, 7) is 3.46. The number of halogens is 2. The van der Waals surface area contributed by atoms with Crippen LogP contribution in [0.2, 0.25) is 0 Å². The lowest BCUT2D eigenvalue weighted by molar-refractivity contribution is 0.582. The van der Waals surface area contributed by atoms with Crippen molar-refractivity contribution >= 4 is 0 Å². The van der Waals surface area contributed by atoms with E-state index in [-0.39, 0.29) is 11.7 Å². The van der Waals surface area contributed by atoms with Crippen LogP contribution in [0.15, 0.2) is 18.2 Å². The first-order chi connectivity index (χ1) is 8.00. The second kappa shape index (κ2) is 4.21. The predicted octanol–water partition coefficient (Wildman–Crippen LogP) is 1.87. The van der Waals surface area contributed by atoms with Gasteiger partial charge in [-0.1, -0.05) is 5.21 Å². The molecule has 0 fully saturated rings. The van der Waals surface area contributed by atoms with E-state index in [9.17, 15) is 8.78 Å². The van der Waals surface area contributed by atoms with Gasteiger partial charge in [0.1, 0.15) is 23.0 Å². The topological polar surface area (TPSA) is 56.7 Å². The lowest BCUT2D eigenvalue weighted by atomic mass is 10.2. The summed E-state index contributed by atoms with van der Waals surface area (Å²) in [6, 6.07) is 2.87.